The van der Waals surface area contributed by atoms with E-state index in [2.05, 4.69) is 15.6 Å². The zero-order chi connectivity index (χ0) is 26.2. The molecule has 0 radical (unpaired) electrons. The maximum absolute atomic E-state index is 13.2. The first kappa shape index (κ1) is 24.8. The number of benzene rings is 3. The molecule has 37 heavy (non-hydrogen) atoms. The monoisotopic (exact) mass is 534 g/mol. The summed E-state index contributed by atoms with van der Waals surface area (Å²) in [6.45, 7) is 2.24. The highest BCUT2D eigenvalue weighted by Crippen LogP contribution is 2.35. The molecular formula is C27H26N4O4S2. The van der Waals surface area contributed by atoms with E-state index >= 15 is 0 Å². The standard InChI is InChI=1S/C27H26N4O4S2/c1-17-4-8-21(9-5-17)37(33,34)31-13-12-19-14-20(6-10-24(19)31)26(32)29-22-15-18(7-11-25(22)35-3)23-16-36-27(28-2)30-23/h4-11,14-16H,12-13H2,1-3H3,(H,28,30)(H,29,32). The fraction of sp³-hybridized carbons (Fsp3) is 0.185. The molecule has 0 saturated heterocycles. The number of aromatic nitrogens is 1. The fourth-order valence-electron chi connectivity index (χ4n) is 4.28. The maximum atomic E-state index is 13.2. The van der Waals surface area contributed by atoms with Crippen molar-refractivity contribution in [3.05, 3.63) is 82.7 Å². The minimum Gasteiger partial charge on any atom is -0.495 e. The topological polar surface area (TPSA) is 101 Å². The third-order valence-corrected chi connectivity index (χ3v) is 8.95. The Morgan fingerprint density at radius 3 is 2.57 bits per heavy atom. The first-order chi connectivity index (χ1) is 17.8. The molecule has 0 atom stereocenters. The van der Waals surface area contributed by atoms with Crippen LogP contribution in [0.1, 0.15) is 21.5 Å². The second-order valence-corrected chi connectivity index (χ2v) is 11.4. The molecular weight excluding hydrogens is 508 g/mol. The van der Waals surface area contributed by atoms with Crippen LogP contribution in [0.3, 0.4) is 0 Å². The summed E-state index contributed by atoms with van der Waals surface area (Å²) in [7, 11) is -0.322. The second kappa shape index (κ2) is 9.87. The number of amides is 1. The van der Waals surface area contributed by atoms with Gasteiger partial charge in [-0.3, -0.25) is 9.10 Å². The Hall–Kier alpha value is -3.89. The van der Waals surface area contributed by atoms with Gasteiger partial charge in [0.1, 0.15) is 5.75 Å². The molecule has 1 aromatic heterocycles. The lowest BCUT2D eigenvalue weighted by Gasteiger charge is -2.20. The maximum Gasteiger partial charge on any atom is 0.264 e. The smallest absolute Gasteiger partial charge is 0.264 e. The van der Waals surface area contributed by atoms with Crippen LogP contribution in [0.2, 0.25) is 0 Å². The van der Waals surface area contributed by atoms with Crippen molar-refractivity contribution in [3.63, 3.8) is 0 Å². The van der Waals surface area contributed by atoms with Gasteiger partial charge < -0.3 is 15.4 Å². The van der Waals surface area contributed by atoms with Gasteiger partial charge in [0.2, 0.25) is 0 Å². The molecule has 1 amide bonds. The molecule has 10 heteroatoms. The van der Waals surface area contributed by atoms with Crippen molar-refractivity contribution >= 4 is 43.8 Å². The van der Waals surface area contributed by atoms with Crippen LogP contribution >= 0.6 is 11.3 Å². The summed E-state index contributed by atoms with van der Waals surface area (Å²) in [4.78, 5) is 18.0. The third kappa shape index (κ3) is 4.77. The van der Waals surface area contributed by atoms with E-state index in [-0.39, 0.29) is 10.8 Å². The van der Waals surface area contributed by atoms with Crippen LogP contribution < -0.4 is 19.7 Å². The van der Waals surface area contributed by atoms with Gasteiger partial charge >= 0.3 is 0 Å². The molecule has 0 aliphatic carbocycles. The number of thiazole rings is 1. The molecule has 4 aromatic rings. The van der Waals surface area contributed by atoms with Gasteiger partial charge in [-0.15, -0.1) is 11.3 Å². The summed E-state index contributed by atoms with van der Waals surface area (Å²) >= 11 is 1.50. The Kier molecular flexibility index (Phi) is 6.61. The van der Waals surface area contributed by atoms with Crippen molar-refractivity contribution in [2.45, 2.75) is 18.2 Å². The zero-order valence-electron chi connectivity index (χ0n) is 20.6. The second-order valence-electron chi connectivity index (χ2n) is 8.64. The Labute approximate surface area is 220 Å². The molecule has 0 fully saturated rings. The van der Waals surface area contributed by atoms with Gasteiger partial charge in [-0.1, -0.05) is 17.7 Å². The van der Waals surface area contributed by atoms with E-state index in [1.807, 2.05) is 31.5 Å². The molecule has 0 unspecified atom stereocenters. The molecule has 2 N–H and O–H groups in total. The summed E-state index contributed by atoms with van der Waals surface area (Å²) in [6, 6.07) is 17.4. The fourth-order valence-corrected chi connectivity index (χ4v) is 6.46. The molecule has 1 aliphatic rings. The van der Waals surface area contributed by atoms with E-state index in [4.69, 9.17) is 4.74 Å². The largest absolute Gasteiger partial charge is 0.495 e. The predicted molar refractivity (Wildman–Crippen MR) is 147 cm³/mol. The van der Waals surface area contributed by atoms with Crippen molar-refractivity contribution in [2.24, 2.45) is 0 Å². The Bertz CT molecular complexity index is 1580. The molecule has 3 aromatic carbocycles. The number of carbonyl (C=O) groups excluding carboxylic acids is 1. The number of rotatable bonds is 7. The van der Waals surface area contributed by atoms with Gasteiger partial charge in [-0.2, -0.15) is 0 Å². The van der Waals surface area contributed by atoms with Crippen LogP contribution in [0.15, 0.2) is 70.9 Å². The lowest BCUT2D eigenvalue weighted by Crippen LogP contribution is -2.29. The van der Waals surface area contributed by atoms with Crippen LogP contribution in [0.25, 0.3) is 11.3 Å². The zero-order valence-corrected chi connectivity index (χ0v) is 22.2. The summed E-state index contributed by atoms with van der Waals surface area (Å²) in [6.07, 6.45) is 0.526. The Balaban J connectivity index is 1.39. The van der Waals surface area contributed by atoms with E-state index in [1.54, 1.807) is 55.6 Å². The quantitative estimate of drug-likeness (QED) is 0.339. The number of ether oxygens (including phenoxy) is 1. The van der Waals surface area contributed by atoms with Crippen molar-refractivity contribution in [2.75, 3.05) is 35.6 Å². The summed E-state index contributed by atoms with van der Waals surface area (Å²) in [5, 5.41) is 8.70. The number of sulfonamides is 1. The van der Waals surface area contributed by atoms with Crippen molar-refractivity contribution < 1.29 is 17.9 Å². The number of nitrogens with one attached hydrogen (secondary N) is 2. The van der Waals surface area contributed by atoms with E-state index in [0.29, 0.717) is 35.7 Å². The number of methoxy groups -OCH3 is 1. The summed E-state index contributed by atoms with van der Waals surface area (Å²) in [5.74, 6) is 0.213. The molecule has 1 aliphatic heterocycles. The summed E-state index contributed by atoms with van der Waals surface area (Å²) < 4.78 is 33.3. The van der Waals surface area contributed by atoms with Crippen LogP contribution in [0.4, 0.5) is 16.5 Å². The Morgan fingerprint density at radius 2 is 1.86 bits per heavy atom. The highest BCUT2D eigenvalue weighted by Gasteiger charge is 2.31. The number of fused-ring (bicyclic) bond motifs is 1. The number of nitrogens with zero attached hydrogens (tertiary/aromatic N) is 2. The highest BCUT2D eigenvalue weighted by atomic mass is 32.2. The molecule has 5 rings (SSSR count). The normalized spacial score (nSPS) is 12.8. The van der Waals surface area contributed by atoms with Gasteiger partial charge in [0, 0.05) is 30.1 Å². The molecule has 0 spiro atoms. The van der Waals surface area contributed by atoms with Gasteiger partial charge in [-0.25, -0.2) is 13.4 Å². The number of aryl methyl sites for hydroxylation is 1. The molecule has 2 heterocycles. The van der Waals surface area contributed by atoms with Crippen LogP contribution in [0.5, 0.6) is 5.75 Å². The van der Waals surface area contributed by atoms with Crippen LogP contribution in [0, 0.1) is 6.92 Å². The van der Waals surface area contributed by atoms with Crippen molar-refractivity contribution in [1.82, 2.24) is 4.98 Å². The van der Waals surface area contributed by atoms with Gasteiger partial charge in [0.25, 0.3) is 15.9 Å². The average molecular weight is 535 g/mol. The van der Waals surface area contributed by atoms with E-state index in [0.717, 1.165) is 27.5 Å². The SMILES string of the molecule is CNc1nc(-c2ccc(OC)c(NC(=O)c3ccc4c(c3)CCN4S(=O)(=O)c3ccc(C)cc3)c2)cs1. The number of hydrogen-bond acceptors (Lipinski definition) is 7. The Morgan fingerprint density at radius 1 is 1.08 bits per heavy atom. The molecule has 0 saturated carbocycles. The van der Waals surface area contributed by atoms with Gasteiger partial charge in [0.05, 0.1) is 29.1 Å². The predicted octanol–water partition coefficient (Wildman–Crippen LogP) is 5.17. The van der Waals surface area contributed by atoms with Crippen molar-refractivity contribution in [3.8, 4) is 17.0 Å². The van der Waals surface area contributed by atoms with Gasteiger partial charge in [-0.05, 0) is 67.4 Å². The minimum absolute atomic E-state index is 0.252. The third-order valence-electron chi connectivity index (χ3n) is 6.27. The van der Waals surface area contributed by atoms with E-state index in [1.165, 1.54) is 15.6 Å². The van der Waals surface area contributed by atoms with Gasteiger partial charge in [0.15, 0.2) is 5.13 Å². The lowest BCUT2D eigenvalue weighted by molar-refractivity contribution is 0.102. The van der Waals surface area contributed by atoms with Crippen LogP contribution in [-0.4, -0.2) is 40.0 Å². The average Bonchev–Trinajstić information content (AvgIpc) is 3.56. The number of hydrogen-bond donors (Lipinski definition) is 2. The molecule has 0 bridgehead atoms. The minimum atomic E-state index is -3.68. The lowest BCUT2D eigenvalue weighted by atomic mass is 10.1. The number of carbonyl (C=O) groups is 1. The van der Waals surface area contributed by atoms with Crippen molar-refractivity contribution in [1.29, 1.82) is 0 Å². The first-order valence-corrected chi connectivity index (χ1v) is 14.0. The van der Waals surface area contributed by atoms with E-state index in [9.17, 15) is 13.2 Å². The first-order valence-electron chi connectivity index (χ1n) is 11.7. The number of anilines is 3. The van der Waals surface area contributed by atoms with Crippen LogP contribution in [-0.2, 0) is 16.4 Å². The molecule has 190 valence electrons. The summed E-state index contributed by atoms with van der Waals surface area (Å²) in [5.41, 5.74) is 5.00. The van der Waals surface area contributed by atoms with E-state index < -0.39 is 10.0 Å². The molecule has 8 nitrogen and oxygen atoms in total. The highest BCUT2D eigenvalue weighted by molar-refractivity contribution is 7.92.